The molecule has 3 heteroatoms. The van der Waals surface area contributed by atoms with Crippen molar-refractivity contribution >= 4 is 0 Å². The maximum atomic E-state index is 6.25. The molecule has 0 aromatic heterocycles. The highest BCUT2D eigenvalue weighted by atomic mass is 16.5. The van der Waals surface area contributed by atoms with E-state index < -0.39 is 0 Å². The highest BCUT2D eigenvalue weighted by molar-refractivity contribution is 5.36. The number of aryl methyl sites for hydroxylation is 1. The lowest BCUT2D eigenvalue weighted by Gasteiger charge is -2.39. The average molecular weight is 288 g/mol. The van der Waals surface area contributed by atoms with Crippen molar-refractivity contribution in [2.45, 2.75) is 51.8 Å². The minimum Gasteiger partial charge on any atom is -0.373 e. The van der Waals surface area contributed by atoms with Crippen LogP contribution in [-0.4, -0.2) is 43.3 Å². The Bertz CT molecular complexity index is 488. The standard InChI is InChI=1S/C18H28N2O/c1-4-19-18(16-9-5-7-13(2)14(16)3)17-11-20-10-6-8-15(20)12-21-17/h5,7,9,15,17-19H,4,6,8,10-12H2,1-3H3. The van der Waals surface area contributed by atoms with Crippen LogP contribution in [0.4, 0.5) is 0 Å². The third-order valence-electron chi connectivity index (χ3n) is 5.19. The summed E-state index contributed by atoms with van der Waals surface area (Å²) >= 11 is 0. The van der Waals surface area contributed by atoms with Crippen molar-refractivity contribution in [3.05, 3.63) is 34.9 Å². The van der Waals surface area contributed by atoms with Crippen LogP contribution >= 0.6 is 0 Å². The molecule has 0 radical (unpaired) electrons. The molecule has 1 N–H and O–H groups in total. The van der Waals surface area contributed by atoms with Crippen molar-refractivity contribution in [3.8, 4) is 0 Å². The first-order chi connectivity index (χ1) is 10.2. The van der Waals surface area contributed by atoms with Crippen molar-refractivity contribution in [3.63, 3.8) is 0 Å². The van der Waals surface area contributed by atoms with Crippen molar-refractivity contribution in [1.82, 2.24) is 10.2 Å². The molecule has 2 aliphatic rings. The lowest BCUT2D eigenvalue weighted by Crippen LogP contribution is -2.50. The first kappa shape index (κ1) is 15.0. The van der Waals surface area contributed by atoms with Gasteiger partial charge in [0.15, 0.2) is 0 Å². The zero-order valence-electron chi connectivity index (χ0n) is 13.6. The molecule has 2 saturated heterocycles. The second-order valence-corrected chi connectivity index (χ2v) is 6.49. The van der Waals surface area contributed by atoms with Gasteiger partial charge in [0.2, 0.25) is 0 Å². The summed E-state index contributed by atoms with van der Waals surface area (Å²) in [6.45, 7) is 10.8. The molecule has 0 bridgehead atoms. The molecule has 0 saturated carbocycles. The first-order valence-corrected chi connectivity index (χ1v) is 8.36. The fourth-order valence-electron chi connectivity index (χ4n) is 3.82. The minimum absolute atomic E-state index is 0.264. The Morgan fingerprint density at radius 1 is 1.38 bits per heavy atom. The van der Waals surface area contributed by atoms with E-state index in [1.807, 2.05) is 0 Å². The number of fused-ring (bicyclic) bond motifs is 1. The molecule has 1 aromatic rings. The Kier molecular flexibility index (Phi) is 4.63. The molecule has 3 atom stereocenters. The average Bonchev–Trinajstić information content (AvgIpc) is 2.95. The Morgan fingerprint density at radius 3 is 3.05 bits per heavy atom. The molecule has 116 valence electrons. The summed E-state index contributed by atoms with van der Waals surface area (Å²) < 4.78 is 6.25. The first-order valence-electron chi connectivity index (χ1n) is 8.36. The van der Waals surface area contributed by atoms with E-state index in [9.17, 15) is 0 Å². The van der Waals surface area contributed by atoms with Crippen LogP contribution in [0.2, 0.25) is 0 Å². The topological polar surface area (TPSA) is 24.5 Å². The third kappa shape index (κ3) is 3.01. The van der Waals surface area contributed by atoms with E-state index >= 15 is 0 Å². The Hall–Kier alpha value is -0.900. The summed E-state index contributed by atoms with van der Waals surface area (Å²) in [5.41, 5.74) is 4.17. The molecule has 0 spiro atoms. The number of likely N-dealkylation sites (N-methyl/N-ethyl adjacent to an activating group) is 1. The normalized spacial score (nSPS) is 27.6. The van der Waals surface area contributed by atoms with Crippen LogP contribution < -0.4 is 5.32 Å². The molecule has 21 heavy (non-hydrogen) atoms. The van der Waals surface area contributed by atoms with Crippen LogP contribution in [-0.2, 0) is 4.74 Å². The number of morpholine rings is 1. The molecule has 2 fully saturated rings. The third-order valence-corrected chi connectivity index (χ3v) is 5.19. The molecule has 3 nitrogen and oxygen atoms in total. The number of benzene rings is 1. The number of hydrogen-bond acceptors (Lipinski definition) is 3. The van der Waals surface area contributed by atoms with Crippen molar-refractivity contribution in [1.29, 1.82) is 0 Å². The van der Waals surface area contributed by atoms with Gasteiger partial charge in [-0.05, 0) is 56.5 Å². The smallest absolute Gasteiger partial charge is 0.0897 e. The van der Waals surface area contributed by atoms with Gasteiger partial charge in [-0.2, -0.15) is 0 Å². The highest BCUT2D eigenvalue weighted by Gasteiger charge is 2.36. The molecule has 3 rings (SSSR count). The van der Waals surface area contributed by atoms with Gasteiger partial charge in [-0.25, -0.2) is 0 Å². The fraction of sp³-hybridized carbons (Fsp3) is 0.667. The summed E-state index contributed by atoms with van der Waals surface area (Å²) in [7, 11) is 0. The summed E-state index contributed by atoms with van der Waals surface area (Å²) in [6.07, 6.45) is 2.90. The van der Waals surface area contributed by atoms with Gasteiger partial charge in [0, 0.05) is 12.6 Å². The van der Waals surface area contributed by atoms with Crippen LogP contribution in [0.25, 0.3) is 0 Å². The lowest BCUT2D eigenvalue weighted by molar-refractivity contribution is -0.0651. The number of nitrogens with one attached hydrogen (secondary N) is 1. The van der Waals surface area contributed by atoms with Crippen LogP contribution in [0.3, 0.4) is 0 Å². The van der Waals surface area contributed by atoms with Gasteiger partial charge in [0.25, 0.3) is 0 Å². The summed E-state index contributed by atoms with van der Waals surface area (Å²) in [5, 5.41) is 3.66. The van der Waals surface area contributed by atoms with E-state index in [2.05, 4.69) is 49.2 Å². The summed E-state index contributed by atoms with van der Waals surface area (Å²) in [6, 6.07) is 7.59. The number of hydrogen-bond donors (Lipinski definition) is 1. The van der Waals surface area contributed by atoms with E-state index in [1.165, 1.54) is 36.1 Å². The monoisotopic (exact) mass is 288 g/mol. The highest BCUT2D eigenvalue weighted by Crippen LogP contribution is 2.30. The van der Waals surface area contributed by atoms with Gasteiger partial charge in [-0.3, -0.25) is 4.90 Å². The molecule has 3 unspecified atom stereocenters. The molecule has 0 amide bonds. The van der Waals surface area contributed by atoms with Crippen LogP contribution in [0.1, 0.15) is 42.5 Å². The van der Waals surface area contributed by atoms with Crippen LogP contribution in [0, 0.1) is 13.8 Å². The maximum Gasteiger partial charge on any atom is 0.0897 e. The van der Waals surface area contributed by atoms with Gasteiger partial charge in [-0.15, -0.1) is 0 Å². The Balaban J connectivity index is 1.82. The zero-order chi connectivity index (χ0) is 14.8. The zero-order valence-corrected chi connectivity index (χ0v) is 13.6. The molecule has 1 aromatic carbocycles. The van der Waals surface area contributed by atoms with Crippen molar-refractivity contribution in [2.75, 3.05) is 26.2 Å². The maximum absolute atomic E-state index is 6.25. The van der Waals surface area contributed by atoms with Gasteiger partial charge in [0.05, 0.1) is 18.8 Å². The van der Waals surface area contributed by atoms with E-state index in [4.69, 9.17) is 4.74 Å². The van der Waals surface area contributed by atoms with Gasteiger partial charge < -0.3 is 10.1 Å². The lowest BCUT2D eigenvalue weighted by atomic mass is 9.93. The SMILES string of the molecule is CCNC(c1cccc(C)c1C)C1CN2CCCC2CO1. The Labute approximate surface area is 128 Å². The fourth-order valence-corrected chi connectivity index (χ4v) is 3.82. The van der Waals surface area contributed by atoms with Gasteiger partial charge >= 0.3 is 0 Å². The molecule has 2 heterocycles. The summed E-state index contributed by atoms with van der Waals surface area (Å²) in [5.74, 6) is 0. The second kappa shape index (κ2) is 6.47. The molecular formula is C18H28N2O. The van der Waals surface area contributed by atoms with E-state index in [-0.39, 0.29) is 6.10 Å². The van der Waals surface area contributed by atoms with Crippen molar-refractivity contribution in [2.24, 2.45) is 0 Å². The predicted octanol–water partition coefficient (Wildman–Crippen LogP) is 2.82. The van der Waals surface area contributed by atoms with Crippen molar-refractivity contribution < 1.29 is 4.74 Å². The van der Waals surface area contributed by atoms with Gasteiger partial charge in [-0.1, -0.05) is 25.1 Å². The number of nitrogens with zero attached hydrogens (tertiary/aromatic N) is 1. The minimum atomic E-state index is 0.264. The predicted molar refractivity (Wildman–Crippen MR) is 86.7 cm³/mol. The van der Waals surface area contributed by atoms with E-state index in [0.717, 1.165) is 19.7 Å². The molecule has 0 aliphatic carbocycles. The molecule has 2 aliphatic heterocycles. The van der Waals surface area contributed by atoms with Crippen LogP contribution in [0.15, 0.2) is 18.2 Å². The largest absolute Gasteiger partial charge is 0.373 e. The summed E-state index contributed by atoms with van der Waals surface area (Å²) in [4.78, 5) is 2.63. The quantitative estimate of drug-likeness (QED) is 0.922. The Morgan fingerprint density at radius 2 is 2.24 bits per heavy atom. The number of ether oxygens (including phenoxy) is 1. The van der Waals surface area contributed by atoms with Gasteiger partial charge in [0.1, 0.15) is 0 Å². The van der Waals surface area contributed by atoms with Crippen LogP contribution in [0.5, 0.6) is 0 Å². The second-order valence-electron chi connectivity index (χ2n) is 6.49. The van der Waals surface area contributed by atoms with E-state index in [1.54, 1.807) is 0 Å². The number of rotatable bonds is 4. The molecular weight excluding hydrogens is 260 g/mol. The van der Waals surface area contributed by atoms with E-state index in [0.29, 0.717) is 12.1 Å².